The SMILES string of the molecule is Cc1nn(-c2nc(C)c(C)c(=O)[nH]2)c(C)c1CCC(=O)NC1CC1. The predicted molar refractivity (Wildman–Crippen MR) is 90.4 cm³/mol. The molecule has 1 aliphatic rings. The number of aryl methyl sites for hydroxylation is 2. The van der Waals surface area contributed by atoms with Gasteiger partial charge in [-0.05, 0) is 52.5 Å². The summed E-state index contributed by atoms with van der Waals surface area (Å²) in [6, 6.07) is 0.382. The molecular formula is C17H23N5O2. The molecule has 24 heavy (non-hydrogen) atoms. The molecule has 0 radical (unpaired) electrons. The number of aromatic amines is 1. The molecule has 2 aromatic rings. The molecule has 0 aliphatic heterocycles. The maximum atomic E-state index is 12.0. The maximum absolute atomic E-state index is 12.0. The summed E-state index contributed by atoms with van der Waals surface area (Å²) in [6.07, 6.45) is 3.26. The van der Waals surface area contributed by atoms with Gasteiger partial charge in [0.1, 0.15) is 0 Å². The van der Waals surface area contributed by atoms with Crippen molar-refractivity contribution in [1.29, 1.82) is 0 Å². The number of carbonyl (C=O) groups excluding carboxylic acids is 1. The fourth-order valence-corrected chi connectivity index (χ4v) is 2.74. The number of aromatic nitrogens is 4. The number of H-pyrrole nitrogens is 1. The first-order chi connectivity index (χ1) is 11.4. The van der Waals surface area contributed by atoms with Gasteiger partial charge in [-0.25, -0.2) is 9.67 Å². The van der Waals surface area contributed by atoms with E-state index in [0.717, 1.165) is 29.8 Å². The number of amides is 1. The largest absolute Gasteiger partial charge is 0.353 e. The highest BCUT2D eigenvalue weighted by Gasteiger charge is 2.23. The van der Waals surface area contributed by atoms with E-state index < -0.39 is 0 Å². The molecule has 1 aliphatic carbocycles. The lowest BCUT2D eigenvalue weighted by Crippen LogP contribution is -2.25. The average molecular weight is 329 g/mol. The second-order valence-corrected chi connectivity index (χ2v) is 6.50. The van der Waals surface area contributed by atoms with E-state index >= 15 is 0 Å². The number of hydrogen-bond acceptors (Lipinski definition) is 4. The van der Waals surface area contributed by atoms with Crippen molar-refractivity contribution in [2.45, 2.75) is 59.4 Å². The van der Waals surface area contributed by atoms with Crippen molar-refractivity contribution >= 4 is 5.91 Å². The number of rotatable bonds is 5. The number of carbonyl (C=O) groups is 1. The highest BCUT2D eigenvalue weighted by molar-refractivity contribution is 5.76. The van der Waals surface area contributed by atoms with Gasteiger partial charge in [0.25, 0.3) is 5.56 Å². The molecule has 1 saturated carbocycles. The van der Waals surface area contributed by atoms with Crippen LogP contribution in [0.5, 0.6) is 0 Å². The van der Waals surface area contributed by atoms with Crippen LogP contribution in [-0.2, 0) is 11.2 Å². The van der Waals surface area contributed by atoms with E-state index in [1.165, 1.54) is 0 Å². The lowest BCUT2D eigenvalue weighted by atomic mass is 10.1. The zero-order valence-electron chi connectivity index (χ0n) is 14.6. The molecular weight excluding hydrogens is 306 g/mol. The van der Waals surface area contributed by atoms with Crippen molar-refractivity contribution in [1.82, 2.24) is 25.1 Å². The van der Waals surface area contributed by atoms with Gasteiger partial charge in [0.2, 0.25) is 11.9 Å². The normalized spacial score (nSPS) is 14.0. The topological polar surface area (TPSA) is 92.7 Å². The maximum Gasteiger partial charge on any atom is 0.255 e. The average Bonchev–Trinajstić information content (AvgIpc) is 3.28. The van der Waals surface area contributed by atoms with Crippen LogP contribution in [0.3, 0.4) is 0 Å². The molecule has 1 fully saturated rings. The summed E-state index contributed by atoms with van der Waals surface area (Å²) in [5.41, 5.74) is 3.92. The van der Waals surface area contributed by atoms with E-state index in [1.807, 2.05) is 20.8 Å². The highest BCUT2D eigenvalue weighted by Crippen LogP contribution is 2.20. The first-order valence-corrected chi connectivity index (χ1v) is 8.29. The van der Waals surface area contributed by atoms with E-state index in [-0.39, 0.29) is 11.5 Å². The molecule has 3 rings (SSSR count). The van der Waals surface area contributed by atoms with Crippen LogP contribution in [-0.4, -0.2) is 31.7 Å². The van der Waals surface area contributed by atoms with Crippen molar-refractivity contribution in [2.75, 3.05) is 0 Å². The summed E-state index contributed by atoms with van der Waals surface area (Å²) >= 11 is 0. The third-order valence-electron chi connectivity index (χ3n) is 4.57. The Balaban J connectivity index is 1.83. The van der Waals surface area contributed by atoms with Gasteiger partial charge in [0.15, 0.2) is 0 Å². The van der Waals surface area contributed by atoms with Crippen LogP contribution >= 0.6 is 0 Å². The summed E-state index contributed by atoms with van der Waals surface area (Å²) in [4.78, 5) is 31.1. The fourth-order valence-electron chi connectivity index (χ4n) is 2.74. The standard InChI is InChI=1S/C17H23N5O2/c1-9-10(2)18-17(20-16(9)24)22-12(4)14(11(3)21-22)7-8-15(23)19-13-5-6-13/h13H,5-8H2,1-4H3,(H,19,23)(H,18,20,24). The van der Waals surface area contributed by atoms with E-state index in [0.29, 0.717) is 36.1 Å². The molecule has 0 spiro atoms. The van der Waals surface area contributed by atoms with Crippen molar-refractivity contribution in [3.05, 3.63) is 38.6 Å². The Kier molecular flexibility index (Phi) is 4.26. The van der Waals surface area contributed by atoms with E-state index in [2.05, 4.69) is 20.4 Å². The minimum atomic E-state index is -0.157. The number of hydrogen-bond donors (Lipinski definition) is 2. The van der Waals surface area contributed by atoms with Crippen LogP contribution in [0.1, 0.15) is 47.5 Å². The van der Waals surface area contributed by atoms with E-state index in [1.54, 1.807) is 11.6 Å². The first-order valence-electron chi connectivity index (χ1n) is 8.29. The zero-order chi connectivity index (χ0) is 17.4. The second-order valence-electron chi connectivity index (χ2n) is 6.50. The zero-order valence-corrected chi connectivity index (χ0v) is 14.6. The molecule has 0 unspecified atom stereocenters. The Bertz CT molecular complexity index is 845. The summed E-state index contributed by atoms with van der Waals surface area (Å²) in [7, 11) is 0. The molecule has 7 nitrogen and oxygen atoms in total. The van der Waals surface area contributed by atoms with Crippen LogP contribution < -0.4 is 10.9 Å². The van der Waals surface area contributed by atoms with Gasteiger partial charge in [0.05, 0.1) is 5.69 Å². The van der Waals surface area contributed by atoms with Crippen LogP contribution in [0, 0.1) is 27.7 Å². The molecule has 0 saturated heterocycles. The molecule has 2 heterocycles. The molecule has 2 N–H and O–H groups in total. The summed E-state index contributed by atoms with van der Waals surface area (Å²) in [5, 5.41) is 7.49. The smallest absolute Gasteiger partial charge is 0.255 e. The lowest BCUT2D eigenvalue weighted by Gasteiger charge is -2.07. The molecule has 0 atom stereocenters. The van der Waals surface area contributed by atoms with E-state index in [4.69, 9.17) is 0 Å². The monoisotopic (exact) mass is 329 g/mol. The van der Waals surface area contributed by atoms with Gasteiger partial charge in [-0.3, -0.25) is 14.6 Å². The van der Waals surface area contributed by atoms with Gasteiger partial charge >= 0.3 is 0 Å². The number of nitrogens with zero attached hydrogens (tertiary/aromatic N) is 3. The Morgan fingerprint density at radius 3 is 2.58 bits per heavy atom. The molecule has 2 aromatic heterocycles. The Morgan fingerprint density at radius 1 is 1.25 bits per heavy atom. The van der Waals surface area contributed by atoms with Gasteiger partial charge in [0, 0.05) is 29.4 Å². The third-order valence-corrected chi connectivity index (χ3v) is 4.57. The Labute approximate surface area is 140 Å². The minimum absolute atomic E-state index is 0.0850. The van der Waals surface area contributed by atoms with E-state index in [9.17, 15) is 9.59 Å². The van der Waals surface area contributed by atoms with Gasteiger partial charge in [-0.1, -0.05) is 0 Å². The second kappa shape index (κ2) is 6.22. The molecule has 0 aromatic carbocycles. The van der Waals surface area contributed by atoms with Crippen LogP contribution in [0.2, 0.25) is 0 Å². The number of nitrogens with one attached hydrogen (secondary N) is 2. The highest BCUT2D eigenvalue weighted by atomic mass is 16.1. The van der Waals surface area contributed by atoms with Crippen LogP contribution in [0.4, 0.5) is 0 Å². The summed E-state index contributed by atoms with van der Waals surface area (Å²) < 4.78 is 1.65. The van der Waals surface area contributed by atoms with Gasteiger partial charge in [-0.15, -0.1) is 0 Å². The quantitative estimate of drug-likeness (QED) is 0.867. The van der Waals surface area contributed by atoms with Gasteiger partial charge in [-0.2, -0.15) is 5.10 Å². The minimum Gasteiger partial charge on any atom is -0.353 e. The first kappa shape index (κ1) is 16.4. The summed E-state index contributed by atoms with van der Waals surface area (Å²) in [5.74, 6) is 0.499. The van der Waals surface area contributed by atoms with Crippen molar-refractivity contribution in [3.63, 3.8) is 0 Å². The van der Waals surface area contributed by atoms with Crippen LogP contribution in [0.15, 0.2) is 4.79 Å². The van der Waals surface area contributed by atoms with Crippen molar-refractivity contribution in [2.24, 2.45) is 0 Å². The van der Waals surface area contributed by atoms with Crippen LogP contribution in [0.25, 0.3) is 5.95 Å². The van der Waals surface area contributed by atoms with Crippen molar-refractivity contribution in [3.8, 4) is 5.95 Å². The predicted octanol–water partition coefficient (Wildman–Crippen LogP) is 1.40. The van der Waals surface area contributed by atoms with Gasteiger partial charge < -0.3 is 5.32 Å². The molecule has 128 valence electrons. The molecule has 0 bridgehead atoms. The molecule has 7 heteroatoms. The van der Waals surface area contributed by atoms with Crippen molar-refractivity contribution < 1.29 is 4.79 Å². The fraction of sp³-hybridized carbons (Fsp3) is 0.529. The lowest BCUT2D eigenvalue weighted by molar-refractivity contribution is -0.121. The summed E-state index contributed by atoms with van der Waals surface area (Å²) in [6.45, 7) is 7.40. The Hall–Kier alpha value is -2.44. The molecule has 1 amide bonds. The third kappa shape index (κ3) is 3.25. The Morgan fingerprint density at radius 2 is 1.96 bits per heavy atom.